The lowest BCUT2D eigenvalue weighted by Gasteiger charge is -2.25. The molecular formula is C10H17N3O2. The molecule has 1 heterocycles. The van der Waals surface area contributed by atoms with E-state index in [0.717, 1.165) is 0 Å². The molecule has 1 aromatic rings. The highest BCUT2D eigenvalue weighted by molar-refractivity contribution is 5.36. The van der Waals surface area contributed by atoms with Gasteiger partial charge in [-0.25, -0.2) is 4.98 Å². The van der Waals surface area contributed by atoms with Crippen LogP contribution < -0.4 is 10.9 Å². The van der Waals surface area contributed by atoms with Gasteiger partial charge in [-0.15, -0.1) is 0 Å². The molecule has 2 N–H and O–H groups in total. The van der Waals surface area contributed by atoms with E-state index in [1.54, 1.807) is 14.0 Å². The predicted octanol–water partition coefficient (Wildman–Crippen LogP) is 0.915. The van der Waals surface area contributed by atoms with Crippen LogP contribution >= 0.6 is 0 Å². The number of nitrogens with one attached hydrogen (secondary N) is 2. The van der Waals surface area contributed by atoms with Gasteiger partial charge in [0.15, 0.2) is 0 Å². The second kappa shape index (κ2) is 4.44. The van der Waals surface area contributed by atoms with Crippen molar-refractivity contribution in [2.45, 2.75) is 26.3 Å². The Morgan fingerprint density at radius 3 is 2.80 bits per heavy atom. The van der Waals surface area contributed by atoms with Gasteiger partial charge in [0.1, 0.15) is 11.6 Å². The lowest BCUT2D eigenvalue weighted by molar-refractivity contribution is 0.158. The molecule has 1 aromatic heterocycles. The lowest BCUT2D eigenvalue weighted by Crippen LogP contribution is -2.36. The minimum absolute atomic E-state index is 0.154. The minimum atomic E-state index is -0.248. The fraction of sp³-hybridized carbons (Fsp3) is 0.600. The zero-order valence-corrected chi connectivity index (χ0v) is 9.55. The van der Waals surface area contributed by atoms with Crippen molar-refractivity contribution in [2.24, 2.45) is 0 Å². The summed E-state index contributed by atoms with van der Waals surface area (Å²) in [4.78, 5) is 18.0. The van der Waals surface area contributed by atoms with Crippen molar-refractivity contribution in [3.8, 4) is 0 Å². The average molecular weight is 211 g/mol. The number of methoxy groups -OCH3 is 1. The number of hydrogen-bond donors (Lipinski definition) is 2. The Kier molecular flexibility index (Phi) is 3.47. The second-order valence-corrected chi connectivity index (χ2v) is 4.16. The van der Waals surface area contributed by atoms with Gasteiger partial charge in [-0.1, -0.05) is 0 Å². The van der Waals surface area contributed by atoms with E-state index in [4.69, 9.17) is 4.74 Å². The summed E-state index contributed by atoms with van der Waals surface area (Å²) in [6.07, 6.45) is 0. The fourth-order valence-corrected chi connectivity index (χ4v) is 1.39. The molecule has 5 nitrogen and oxygen atoms in total. The first kappa shape index (κ1) is 11.7. The van der Waals surface area contributed by atoms with Crippen molar-refractivity contribution in [3.05, 3.63) is 22.2 Å². The zero-order valence-electron chi connectivity index (χ0n) is 9.55. The summed E-state index contributed by atoms with van der Waals surface area (Å²) in [5, 5.41) is 3.14. The molecule has 1 rings (SSSR count). The Hall–Kier alpha value is -1.36. The number of aromatic amines is 1. The van der Waals surface area contributed by atoms with E-state index in [-0.39, 0.29) is 11.1 Å². The summed E-state index contributed by atoms with van der Waals surface area (Å²) in [6.45, 7) is 6.25. The molecule has 15 heavy (non-hydrogen) atoms. The molecule has 5 heteroatoms. The average Bonchev–Trinajstić information content (AvgIpc) is 1.99. The van der Waals surface area contributed by atoms with Crippen molar-refractivity contribution in [1.82, 2.24) is 9.97 Å². The molecule has 0 radical (unpaired) electrons. The van der Waals surface area contributed by atoms with Gasteiger partial charge < -0.3 is 15.0 Å². The molecule has 0 aromatic carbocycles. The highest BCUT2D eigenvalue weighted by Crippen LogP contribution is 2.11. The molecule has 0 atom stereocenters. The van der Waals surface area contributed by atoms with Gasteiger partial charge in [-0.2, -0.15) is 0 Å². The number of aryl methyl sites for hydroxylation is 1. The van der Waals surface area contributed by atoms with E-state index in [2.05, 4.69) is 15.3 Å². The first-order valence-corrected chi connectivity index (χ1v) is 4.78. The number of aromatic nitrogens is 2. The van der Waals surface area contributed by atoms with E-state index in [1.165, 1.54) is 6.07 Å². The molecule has 0 saturated carbocycles. The van der Waals surface area contributed by atoms with E-state index in [0.29, 0.717) is 18.2 Å². The lowest BCUT2D eigenvalue weighted by atomic mass is 10.1. The van der Waals surface area contributed by atoms with E-state index >= 15 is 0 Å². The molecule has 0 unspecified atom stereocenters. The molecule has 0 spiro atoms. The number of hydrogen-bond acceptors (Lipinski definition) is 4. The predicted molar refractivity (Wildman–Crippen MR) is 59.2 cm³/mol. The van der Waals surface area contributed by atoms with Crippen LogP contribution in [0.2, 0.25) is 0 Å². The molecule has 0 saturated heterocycles. The number of H-pyrrole nitrogens is 1. The molecular weight excluding hydrogens is 194 g/mol. The molecule has 0 amide bonds. The zero-order chi connectivity index (χ0) is 11.5. The maximum absolute atomic E-state index is 11.2. The van der Waals surface area contributed by atoms with Crippen LogP contribution in [0.3, 0.4) is 0 Å². The normalized spacial score (nSPS) is 11.5. The maximum Gasteiger partial charge on any atom is 0.252 e. The Bertz CT molecular complexity index is 384. The van der Waals surface area contributed by atoms with Crippen LogP contribution in [0.25, 0.3) is 0 Å². The van der Waals surface area contributed by atoms with Gasteiger partial charge in [0, 0.05) is 13.2 Å². The summed E-state index contributed by atoms with van der Waals surface area (Å²) in [5.74, 6) is 1.16. The molecule has 0 fully saturated rings. The molecule has 0 bridgehead atoms. The SMILES string of the molecule is COCC(C)(C)Nc1cc(=O)[nH]c(C)n1. The number of ether oxygens (including phenoxy) is 1. The summed E-state index contributed by atoms with van der Waals surface area (Å²) >= 11 is 0. The van der Waals surface area contributed by atoms with Crippen molar-refractivity contribution in [2.75, 3.05) is 19.0 Å². The van der Waals surface area contributed by atoms with Gasteiger partial charge >= 0.3 is 0 Å². The number of nitrogens with zero attached hydrogens (tertiary/aromatic N) is 1. The Labute approximate surface area is 88.9 Å². The smallest absolute Gasteiger partial charge is 0.252 e. The van der Waals surface area contributed by atoms with Gasteiger partial charge in [0.05, 0.1) is 12.1 Å². The second-order valence-electron chi connectivity index (χ2n) is 4.16. The highest BCUT2D eigenvalue weighted by atomic mass is 16.5. The van der Waals surface area contributed by atoms with Gasteiger partial charge in [-0.3, -0.25) is 4.79 Å². The quantitative estimate of drug-likeness (QED) is 0.777. The summed E-state index contributed by atoms with van der Waals surface area (Å²) < 4.78 is 5.06. The standard InChI is InChI=1S/C10H17N3O2/c1-7-11-8(5-9(14)12-7)13-10(2,3)6-15-4/h5H,6H2,1-4H3,(H2,11,12,13,14). The number of anilines is 1. The molecule has 0 aliphatic rings. The maximum atomic E-state index is 11.2. The summed E-state index contributed by atoms with van der Waals surface area (Å²) in [5.41, 5.74) is -0.402. The summed E-state index contributed by atoms with van der Waals surface area (Å²) in [6, 6.07) is 1.43. The molecule has 0 aliphatic heterocycles. The van der Waals surface area contributed by atoms with Crippen LogP contribution in [0.15, 0.2) is 10.9 Å². The van der Waals surface area contributed by atoms with Crippen LogP contribution in [0.5, 0.6) is 0 Å². The summed E-state index contributed by atoms with van der Waals surface area (Å²) in [7, 11) is 1.64. The van der Waals surface area contributed by atoms with Crippen molar-refractivity contribution >= 4 is 5.82 Å². The van der Waals surface area contributed by atoms with Crippen LogP contribution in [0.1, 0.15) is 19.7 Å². The van der Waals surface area contributed by atoms with Crippen molar-refractivity contribution in [1.29, 1.82) is 0 Å². The first-order valence-electron chi connectivity index (χ1n) is 4.78. The van der Waals surface area contributed by atoms with E-state index in [9.17, 15) is 4.79 Å². The van der Waals surface area contributed by atoms with E-state index < -0.39 is 0 Å². The van der Waals surface area contributed by atoms with Gasteiger partial charge in [0.25, 0.3) is 5.56 Å². The number of rotatable bonds is 4. The third-order valence-corrected chi connectivity index (χ3v) is 1.83. The third kappa shape index (κ3) is 3.71. The van der Waals surface area contributed by atoms with Crippen LogP contribution in [-0.2, 0) is 4.74 Å². The Balaban J connectivity index is 2.84. The largest absolute Gasteiger partial charge is 0.382 e. The Morgan fingerprint density at radius 1 is 1.60 bits per heavy atom. The van der Waals surface area contributed by atoms with Crippen LogP contribution in [-0.4, -0.2) is 29.2 Å². The molecule has 84 valence electrons. The highest BCUT2D eigenvalue weighted by Gasteiger charge is 2.17. The Morgan fingerprint density at radius 2 is 2.27 bits per heavy atom. The minimum Gasteiger partial charge on any atom is -0.382 e. The topological polar surface area (TPSA) is 67.0 Å². The molecule has 0 aliphatic carbocycles. The van der Waals surface area contributed by atoms with Crippen LogP contribution in [0.4, 0.5) is 5.82 Å². The monoisotopic (exact) mass is 211 g/mol. The van der Waals surface area contributed by atoms with Gasteiger partial charge in [0.2, 0.25) is 0 Å². The third-order valence-electron chi connectivity index (χ3n) is 1.83. The van der Waals surface area contributed by atoms with Crippen molar-refractivity contribution in [3.63, 3.8) is 0 Å². The first-order chi connectivity index (χ1) is 6.93. The van der Waals surface area contributed by atoms with Gasteiger partial charge in [-0.05, 0) is 20.8 Å². The fourth-order valence-electron chi connectivity index (χ4n) is 1.39. The van der Waals surface area contributed by atoms with Crippen molar-refractivity contribution < 1.29 is 4.74 Å². The van der Waals surface area contributed by atoms with E-state index in [1.807, 2.05) is 13.8 Å². The van der Waals surface area contributed by atoms with Crippen LogP contribution in [0, 0.1) is 6.92 Å².